The highest BCUT2D eigenvalue weighted by atomic mass is 35.5. The molecule has 0 radical (unpaired) electrons. The number of methoxy groups -OCH3 is 2. The zero-order chi connectivity index (χ0) is 15.4. The number of amides is 1. The Morgan fingerprint density at radius 3 is 2.52 bits per heavy atom. The Hall–Kier alpha value is -2.40. The minimum atomic E-state index is -0.351. The molecule has 2 rings (SSSR count). The van der Waals surface area contributed by atoms with Crippen LogP contribution in [0.5, 0.6) is 17.2 Å². The Morgan fingerprint density at radius 2 is 1.90 bits per heavy atom. The molecule has 5 nitrogen and oxygen atoms in total. The second kappa shape index (κ2) is 6.37. The van der Waals surface area contributed by atoms with Crippen molar-refractivity contribution in [2.75, 3.05) is 19.5 Å². The van der Waals surface area contributed by atoms with Gasteiger partial charge in [-0.25, -0.2) is 0 Å². The molecule has 21 heavy (non-hydrogen) atoms. The molecule has 0 atom stereocenters. The lowest BCUT2D eigenvalue weighted by Gasteiger charge is -2.11. The van der Waals surface area contributed by atoms with Crippen LogP contribution in [-0.2, 0) is 0 Å². The molecule has 0 unspecified atom stereocenters. The van der Waals surface area contributed by atoms with E-state index in [1.165, 1.54) is 26.4 Å². The van der Waals surface area contributed by atoms with Crippen LogP contribution in [0.15, 0.2) is 36.4 Å². The third-order valence-electron chi connectivity index (χ3n) is 2.86. The molecule has 2 aromatic carbocycles. The van der Waals surface area contributed by atoms with Gasteiger partial charge in [0.05, 0.1) is 24.8 Å². The van der Waals surface area contributed by atoms with E-state index in [-0.39, 0.29) is 16.7 Å². The van der Waals surface area contributed by atoms with E-state index in [9.17, 15) is 9.90 Å². The summed E-state index contributed by atoms with van der Waals surface area (Å²) in [5.74, 6) is 0.598. The van der Waals surface area contributed by atoms with E-state index in [1.54, 1.807) is 24.3 Å². The van der Waals surface area contributed by atoms with Crippen molar-refractivity contribution in [1.29, 1.82) is 0 Å². The van der Waals surface area contributed by atoms with Gasteiger partial charge < -0.3 is 19.9 Å². The van der Waals surface area contributed by atoms with Gasteiger partial charge in [-0.1, -0.05) is 11.6 Å². The van der Waals surface area contributed by atoms with E-state index in [4.69, 9.17) is 21.1 Å². The van der Waals surface area contributed by atoms with Crippen molar-refractivity contribution in [1.82, 2.24) is 0 Å². The van der Waals surface area contributed by atoms with Crippen LogP contribution in [0.25, 0.3) is 0 Å². The molecular formula is C15H14ClNO4. The smallest absolute Gasteiger partial charge is 0.259 e. The maximum Gasteiger partial charge on any atom is 0.259 e. The van der Waals surface area contributed by atoms with Crippen molar-refractivity contribution >= 4 is 23.2 Å². The lowest BCUT2D eigenvalue weighted by molar-refractivity contribution is 0.102. The number of rotatable bonds is 4. The van der Waals surface area contributed by atoms with Gasteiger partial charge in [-0.3, -0.25) is 4.79 Å². The van der Waals surface area contributed by atoms with Crippen molar-refractivity contribution in [3.8, 4) is 17.2 Å². The first-order chi connectivity index (χ1) is 10.0. The first-order valence-corrected chi connectivity index (χ1v) is 6.45. The van der Waals surface area contributed by atoms with Gasteiger partial charge in [-0.2, -0.15) is 0 Å². The third-order valence-corrected chi connectivity index (χ3v) is 3.16. The van der Waals surface area contributed by atoms with Crippen LogP contribution >= 0.6 is 11.6 Å². The van der Waals surface area contributed by atoms with Crippen LogP contribution in [0, 0.1) is 0 Å². The largest absolute Gasteiger partial charge is 0.506 e. The summed E-state index contributed by atoms with van der Waals surface area (Å²) in [7, 11) is 3.01. The summed E-state index contributed by atoms with van der Waals surface area (Å²) in [5.41, 5.74) is 0.836. The van der Waals surface area contributed by atoms with Crippen LogP contribution in [-0.4, -0.2) is 25.2 Å². The molecule has 2 aromatic rings. The molecule has 0 aromatic heterocycles. The maximum atomic E-state index is 12.3. The van der Waals surface area contributed by atoms with Crippen molar-refractivity contribution in [3.63, 3.8) is 0 Å². The van der Waals surface area contributed by atoms with Gasteiger partial charge in [0, 0.05) is 11.8 Å². The fourth-order valence-corrected chi connectivity index (χ4v) is 1.95. The third kappa shape index (κ3) is 3.38. The van der Waals surface area contributed by atoms with Crippen molar-refractivity contribution in [2.24, 2.45) is 0 Å². The molecule has 0 aliphatic rings. The number of hydrogen-bond donors (Lipinski definition) is 2. The zero-order valence-corrected chi connectivity index (χ0v) is 12.3. The van der Waals surface area contributed by atoms with Gasteiger partial charge in [-0.05, 0) is 30.3 Å². The molecule has 6 heteroatoms. The van der Waals surface area contributed by atoms with E-state index in [0.29, 0.717) is 22.7 Å². The molecule has 0 aliphatic carbocycles. The van der Waals surface area contributed by atoms with Crippen molar-refractivity contribution in [3.05, 3.63) is 47.0 Å². The second-order valence-electron chi connectivity index (χ2n) is 4.19. The van der Waals surface area contributed by atoms with Crippen molar-refractivity contribution < 1.29 is 19.4 Å². The average Bonchev–Trinajstić information content (AvgIpc) is 2.50. The molecule has 0 bridgehead atoms. The topological polar surface area (TPSA) is 67.8 Å². The molecule has 0 spiro atoms. The number of phenols is 1. The fraction of sp³-hybridized carbons (Fsp3) is 0.133. The van der Waals surface area contributed by atoms with Crippen LogP contribution in [0.2, 0.25) is 5.02 Å². The minimum Gasteiger partial charge on any atom is -0.506 e. The monoisotopic (exact) mass is 307 g/mol. The maximum absolute atomic E-state index is 12.3. The highest BCUT2D eigenvalue weighted by molar-refractivity contribution is 6.32. The van der Waals surface area contributed by atoms with Gasteiger partial charge in [0.25, 0.3) is 5.91 Å². The Kier molecular flexibility index (Phi) is 4.55. The summed E-state index contributed by atoms with van der Waals surface area (Å²) < 4.78 is 10.3. The molecule has 1 amide bonds. The summed E-state index contributed by atoms with van der Waals surface area (Å²) in [5, 5.41) is 12.2. The van der Waals surface area contributed by atoms with E-state index < -0.39 is 0 Å². The second-order valence-corrected chi connectivity index (χ2v) is 4.59. The number of carbonyl (C=O) groups is 1. The number of aromatic hydroxyl groups is 1. The Morgan fingerprint density at radius 1 is 1.14 bits per heavy atom. The fourth-order valence-electron chi connectivity index (χ4n) is 1.77. The number of phenolic OH excluding ortho intramolecular Hbond substituents is 1. The van der Waals surface area contributed by atoms with Crippen molar-refractivity contribution in [2.45, 2.75) is 0 Å². The molecule has 0 saturated heterocycles. The summed E-state index contributed by atoms with van der Waals surface area (Å²) >= 11 is 5.80. The SMILES string of the molecule is COc1ccc(C(=O)Nc2ccc(O)c(Cl)c2)c(OC)c1. The number of benzene rings is 2. The molecule has 0 fully saturated rings. The molecule has 2 N–H and O–H groups in total. The molecule has 0 aliphatic heterocycles. The Labute approximate surface area is 127 Å². The minimum absolute atomic E-state index is 0.0447. The highest BCUT2D eigenvalue weighted by Gasteiger charge is 2.14. The Bertz CT molecular complexity index is 673. The molecule has 110 valence electrons. The van der Waals surface area contributed by atoms with Gasteiger partial charge in [-0.15, -0.1) is 0 Å². The molecular weight excluding hydrogens is 294 g/mol. The number of halogens is 1. The van der Waals surface area contributed by atoms with E-state index in [1.807, 2.05) is 0 Å². The summed E-state index contributed by atoms with van der Waals surface area (Å²) in [4.78, 5) is 12.3. The standard InChI is InChI=1S/C15H14ClNO4/c1-20-10-4-5-11(14(8-10)21-2)15(19)17-9-3-6-13(18)12(16)7-9/h3-8,18H,1-2H3,(H,17,19). The quantitative estimate of drug-likeness (QED) is 0.850. The summed E-state index contributed by atoms with van der Waals surface area (Å²) in [6.07, 6.45) is 0. The van der Waals surface area contributed by atoms with Crippen LogP contribution in [0.4, 0.5) is 5.69 Å². The van der Waals surface area contributed by atoms with E-state index in [0.717, 1.165) is 0 Å². The number of hydrogen-bond acceptors (Lipinski definition) is 4. The number of anilines is 1. The average molecular weight is 308 g/mol. The zero-order valence-electron chi connectivity index (χ0n) is 11.5. The van der Waals surface area contributed by atoms with E-state index >= 15 is 0 Å². The van der Waals surface area contributed by atoms with Crippen LogP contribution in [0.3, 0.4) is 0 Å². The molecule has 0 heterocycles. The predicted molar refractivity (Wildman–Crippen MR) is 80.6 cm³/mol. The first-order valence-electron chi connectivity index (χ1n) is 6.07. The summed E-state index contributed by atoms with van der Waals surface area (Å²) in [6, 6.07) is 9.32. The van der Waals surface area contributed by atoms with Gasteiger partial charge >= 0.3 is 0 Å². The van der Waals surface area contributed by atoms with Gasteiger partial charge in [0.2, 0.25) is 0 Å². The number of ether oxygens (including phenoxy) is 2. The van der Waals surface area contributed by atoms with Gasteiger partial charge in [0.15, 0.2) is 0 Å². The number of carbonyl (C=O) groups excluding carboxylic acids is 1. The molecule has 0 saturated carbocycles. The normalized spacial score (nSPS) is 10.0. The van der Waals surface area contributed by atoms with E-state index in [2.05, 4.69) is 5.32 Å². The first kappa shape index (κ1) is 15.0. The Balaban J connectivity index is 2.25. The van der Waals surface area contributed by atoms with Crippen LogP contribution < -0.4 is 14.8 Å². The summed E-state index contributed by atoms with van der Waals surface area (Å²) in [6.45, 7) is 0. The lowest BCUT2D eigenvalue weighted by Crippen LogP contribution is -2.13. The predicted octanol–water partition coefficient (Wildman–Crippen LogP) is 3.32. The highest BCUT2D eigenvalue weighted by Crippen LogP contribution is 2.28. The van der Waals surface area contributed by atoms with Crippen LogP contribution in [0.1, 0.15) is 10.4 Å². The van der Waals surface area contributed by atoms with Gasteiger partial charge in [0.1, 0.15) is 17.2 Å². The lowest BCUT2D eigenvalue weighted by atomic mass is 10.1. The number of nitrogens with one attached hydrogen (secondary N) is 1.